The Morgan fingerprint density at radius 1 is 0.792 bits per heavy atom. The molecular weight excluding hydrogens is 296 g/mol. The van der Waals surface area contributed by atoms with Crippen LogP contribution in [0.4, 0.5) is 0 Å². The van der Waals surface area contributed by atoms with Gasteiger partial charge in [-0.25, -0.2) is 0 Å². The van der Waals surface area contributed by atoms with Crippen LogP contribution in [0.2, 0.25) is 0 Å². The van der Waals surface area contributed by atoms with Crippen molar-refractivity contribution in [1.29, 1.82) is 0 Å². The molecule has 0 amide bonds. The van der Waals surface area contributed by atoms with Gasteiger partial charge in [-0.2, -0.15) is 0 Å². The molecule has 4 rings (SSSR count). The first-order chi connectivity index (χ1) is 11.7. The third-order valence-electron chi connectivity index (χ3n) is 4.32. The molecule has 0 spiro atoms. The van der Waals surface area contributed by atoms with Gasteiger partial charge in [0, 0.05) is 24.5 Å². The van der Waals surface area contributed by atoms with Crippen molar-refractivity contribution in [2.75, 3.05) is 0 Å². The Bertz CT molecular complexity index is 1040. The number of fused-ring (bicyclic) bond motifs is 1. The number of benzene rings is 2. The highest BCUT2D eigenvalue weighted by atomic mass is 16.1. The molecule has 118 valence electrons. The van der Waals surface area contributed by atoms with Crippen molar-refractivity contribution in [2.24, 2.45) is 0 Å². The zero-order valence-corrected chi connectivity index (χ0v) is 13.5. The predicted octanol–water partition coefficient (Wildman–Crippen LogP) is 4.15. The lowest BCUT2D eigenvalue weighted by Crippen LogP contribution is -2.17. The Kier molecular flexibility index (Phi) is 3.54. The van der Waals surface area contributed by atoms with Crippen molar-refractivity contribution in [1.82, 2.24) is 9.13 Å². The Morgan fingerprint density at radius 2 is 1.54 bits per heavy atom. The lowest BCUT2D eigenvalue weighted by molar-refractivity contribution is 0.834. The second-order valence-corrected chi connectivity index (χ2v) is 6.04. The molecule has 0 atom stereocenters. The van der Waals surface area contributed by atoms with Gasteiger partial charge in [0.1, 0.15) is 0 Å². The van der Waals surface area contributed by atoms with Crippen LogP contribution in [-0.4, -0.2) is 9.13 Å². The minimum atomic E-state index is -0.0122. The van der Waals surface area contributed by atoms with E-state index < -0.39 is 0 Å². The first-order valence-electron chi connectivity index (χ1n) is 8.04. The molecule has 0 saturated heterocycles. The van der Waals surface area contributed by atoms with Crippen LogP contribution in [0.25, 0.3) is 16.7 Å². The predicted molar refractivity (Wildman–Crippen MR) is 97.8 cm³/mol. The van der Waals surface area contributed by atoms with Crippen molar-refractivity contribution in [3.8, 4) is 5.69 Å². The van der Waals surface area contributed by atoms with E-state index in [1.54, 1.807) is 10.6 Å². The zero-order chi connectivity index (χ0) is 16.5. The van der Waals surface area contributed by atoms with E-state index in [9.17, 15) is 4.79 Å². The van der Waals surface area contributed by atoms with Crippen LogP contribution in [-0.2, 0) is 6.54 Å². The number of hydrogen-bond acceptors (Lipinski definition) is 1. The highest BCUT2D eigenvalue weighted by molar-refractivity contribution is 5.78. The SMILES string of the molecule is Cc1ccc(Cn2ccc3c2ccc(=O)n3-c2ccccc2)cc1. The van der Waals surface area contributed by atoms with Crippen LogP contribution < -0.4 is 5.56 Å². The fraction of sp³-hybridized carbons (Fsp3) is 0.0952. The summed E-state index contributed by atoms with van der Waals surface area (Å²) >= 11 is 0. The van der Waals surface area contributed by atoms with Gasteiger partial charge in [-0.05, 0) is 36.8 Å². The van der Waals surface area contributed by atoms with Gasteiger partial charge >= 0.3 is 0 Å². The summed E-state index contributed by atoms with van der Waals surface area (Å²) in [5.74, 6) is 0. The normalized spacial score (nSPS) is 11.0. The van der Waals surface area contributed by atoms with Crippen molar-refractivity contribution in [3.05, 3.63) is 100 Å². The number of nitrogens with zero attached hydrogens (tertiary/aromatic N) is 2. The van der Waals surface area contributed by atoms with E-state index in [-0.39, 0.29) is 5.56 Å². The highest BCUT2D eigenvalue weighted by Gasteiger charge is 2.09. The quantitative estimate of drug-likeness (QED) is 0.558. The first kappa shape index (κ1) is 14.5. The maximum absolute atomic E-state index is 12.4. The molecule has 0 fully saturated rings. The van der Waals surface area contributed by atoms with E-state index >= 15 is 0 Å². The second kappa shape index (κ2) is 5.85. The number of pyridine rings is 1. The van der Waals surface area contributed by atoms with E-state index in [4.69, 9.17) is 0 Å². The van der Waals surface area contributed by atoms with Crippen molar-refractivity contribution >= 4 is 11.0 Å². The lowest BCUT2D eigenvalue weighted by Gasteiger charge is -2.10. The monoisotopic (exact) mass is 314 g/mol. The largest absolute Gasteiger partial charge is 0.342 e. The summed E-state index contributed by atoms with van der Waals surface area (Å²) in [5.41, 5.74) is 5.37. The topological polar surface area (TPSA) is 26.9 Å². The molecule has 0 radical (unpaired) electrons. The molecule has 3 nitrogen and oxygen atoms in total. The summed E-state index contributed by atoms with van der Waals surface area (Å²) < 4.78 is 3.94. The van der Waals surface area contributed by atoms with Gasteiger partial charge in [0.15, 0.2) is 0 Å². The van der Waals surface area contributed by atoms with Crippen LogP contribution in [0, 0.1) is 6.92 Å². The Labute approximate surface area is 140 Å². The molecule has 0 aliphatic carbocycles. The summed E-state index contributed by atoms with van der Waals surface area (Å²) in [6, 6.07) is 23.9. The number of aromatic nitrogens is 2. The van der Waals surface area contributed by atoms with Gasteiger partial charge in [-0.15, -0.1) is 0 Å². The maximum atomic E-state index is 12.4. The summed E-state index contributed by atoms with van der Waals surface area (Å²) in [4.78, 5) is 12.4. The van der Waals surface area contributed by atoms with E-state index in [0.717, 1.165) is 23.3 Å². The third-order valence-corrected chi connectivity index (χ3v) is 4.32. The van der Waals surface area contributed by atoms with Gasteiger partial charge in [-0.3, -0.25) is 9.36 Å². The third kappa shape index (κ3) is 2.54. The zero-order valence-electron chi connectivity index (χ0n) is 13.5. The number of hydrogen-bond donors (Lipinski definition) is 0. The number of rotatable bonds is 3. The van der Waals surface area contributed by atoms with Crippen LogP contribution in [0.5, 0.6) is 0 Å². The molecule has 2 heterocycles. The van der Waals surface area contributed by atoms with Gasteiger partial charge in [0.05, 0.1) is 11.0 Å². The second-order valence-electron chi connectivity index (χ2n) is 6.04. The van der Waals surface area contributed by atoms with E-state index in [1.807, 2.05) is 48.7 Å². The average Bonchev–Trinajstić information content (AvgIpc) is 3.00. The Hall–Kier alpha value is -3.07. The molecule has 0 unspecified atom stereocenters. The lowest BCUT2D eigenvalue weighted by atomic mass is 10.1. The molecule has 0 aliphatic heterocycles. The molecule has 0 aliphatic rings. The molecule has 2 aromatic carbocycles. The van der Waals surface area contributed by atoms with E-state index in [1.165, 1.54) is 11.1 Å². The molecule has 3 heteroatoms. The summed E-state index contributed by atoms with van der Waals surface area (Å²) in [6.45, 7) is 2.88. The Morgan fingerprint density at radius 3 is 2.29 bits per heavy atom. The smallest absolute Gasteiger partial charge is 0.255 e. The highest BCUT2D eigenvalue weighted by Crippen LogP contribution is 2.19. The van der Waals surface area contributed by atoms with E-state index in [2.05, 4.69) is 35.8 Å². The molecule has 4 aromatic rings. The molecule has 24 heavy (non-hydrogen) atoms. The van der Waals surface area contributed by atoms with Gasteiger partial charge in [-0.1, -0.05) is 48.0 Å². The molecular formula is C21H18N2O. The van der Waals surface area contributed by atoms with Crippen molar-refractivity contribution in [2.45, 2.75) is 13.5 Å². The fourth-order valence-corrected chi connectivity index (χ4v) is 3.06. The maximum Gasteiger partial charge on any atom is 0.255 e. The van der Waals surface area contributed by atoms with Gasteiger partial charge in [0.2, 0.25) is 0 Å². The van der Waals surface area contributed by atoms with Crippen LogP contribution in [0.15, 0.2) is 83.8 Å². The summed E-state index contributed by atoms with van der Waals surface area (Å²) in [6.07, 6.45) is 2.05. The van der Waals surface area contributed by atoms with Gasteiger partial charge in [0.25, 0.3) is 5.56 Å². The Balaban J connectivity index is 1.83. The minimum absolute atomic E-state index is 0.0122. The molecule has 0 N–H and O–H groups in total. The average molecular weight is 314 g/mol. The van der Waals surface area contributed by atoms with Crippen LogP contribution in [0.3, 0.4) is 0 Å². The molecule has 2 aromatic heterocycles. The van der Waals surface area contributed by atoms with E-state index in [0.29, 0.717) is 0 Å². The molecule has 0 bridgehead atoms. The van der Waals surface area contributed by atoms with Crippen molar-refractivity contribution < 1.29 is 0 Å². The minimum Gasteiger partial charge on any atom is -0.342 e. The standard InChI is InChI=1S/C21H18N2O/c1-16-7-9-17(10-8-16)15-22-14-13-20-19(22)11-12-21(24)23(20)18-5-3-2-4-6-18/h2-14H,15H2,1H3. The summed E-state index contributed by atoms with van der Waals surface area (Å²) in [7, 11) is 0. The van der Waals surface area contributed by atoms with Crippen LogP contribution >= 0.6 is 0 Å². The number of para-hydroxylation sites is 1. The molecule has 0 saturated carbocycles. The first-order valence-corrected chi connectivity index (χ1v) is 8.04. The summed E-state index contributed by atoms with van der Waals surface area (Å²) in [5, 5.41) is 0. The van der Waals surface area contributed by atoms with Crippen LogP contribution in [0.1, 0.15) is 11.1 Å². The number of aryl methyl sites for hydroxylation is 1. The van der Waals surface area contributed by atoms with Crippen molar-refractivity contribution in [3.63, 3.8) is 0 Å². The van der Waals surface area contributed by atoms with Gasteiger partial charge < -0.3 is 4.57 Å². The fourth-order valence-electron chi connectivity index (χ4n) is 3.06.